The zero-order chi connectivity index (χ0) is 19.2. The molecule has 0 saturated carbocycles. The maximum Gasteiger partial charge on any atom is 0.573 e. The van der Waals surface area contributed by atoms with Crippen LogP contribution in [0, 0.1) is 0 Å². The Labute approximate surface area is 159 Å². The molecule has 152 valence electrons. The lowest BCUT2D eigenvalue weighted by molar-refractivity contribution is -0.274. The average Bonchev–Trinajstić information content (AvgIpc) is 2.61. The van der Waals surface area contributed by atoms with Crippen LogP contribution in [0.1, 0.15) is 18.0 Å². The molecule has 11 heteroatoms. The highest BCUT2D eigenvalue weighted by Gasteiger charge is 2.31. The number of esters is 1. The van der Waals surface area contributed by atoms with E-state index in [1.807, 2.05) is 0 Å². The fourth-order valence-electron chi connectivity index (χ4n) is 2.40. The first-order chi connectivity index (χ1) is 12.3. The Balaban J connectivity index is 0.00000364. The van der Waals surface area contributed by atoms with Crippen molar-refractivity contribution in [2.45, 2.75) is 24.9 Å². The van der Waals surface area contributed by atoms with Crippen LogP contribution in [0.3, 0.4) is 0 Å². The van der Waals surface area contributed by atoms with E-state index in [0.717, 1.165) is 12.1 Å². The van der Waals surface area contributed by atoms with Crippen molar-refractivity contribution >= 4 is 24.3 Å². The van der Waals surface area contributed by atoms with Crippen molar-refractivity contribution < 1.29 is 37.0 Å². The molecule has 0 bridgehead atoms. The number of benzene rings is 1. The third kappa shape index (κ3) is 7.61. The molecule has 0 aliphatic carbocycles. The molecule has 2 atom stereocenters. The monoisotopic (exact) mass is 412 g/mol. The molecular formula is C16H20ClF3N2O5. The number of rotatable bonds is 6. The van der Waals surface area contributed by atoms with Gasteiger partial charge in [0, 0.05) is 13.1 Å². The minimum atomic E-state index is -4.80. The molecule has 2 N–H and O–H groups in total. The minimum absolute atomic E-state index is 0. The van der Waals surface area contributed by atoms with E-state index >= 15 is 0 Å². The Morgan fingerprint density at radius 3 is 2.52 bits per heavy atom. The zero-order valence-electron chi connectivity index (χ0n) is 14.4. The molecule has 1 aliphatic rings. The van der Waals surface area contributed by atoms with E-state index in [1.165, 1.54) is 19.2 Å². The van der Waals surface area contributed by atoms with Crippen molar-refractivity contribution in [3.05, 3.63) is 29.8 Å². The van der Waals surface area contributed by atoms with Gasteiger partial charge in [-0.15, -0.1) is 25.6 Å². The van der Waals surface area contributed by atoms with E-state index in [2.05, 4.69) is 20.1 Å². The van der Waals surface area contributed by atoms with E-state index in [0.29, 0.717) is 25.3 Å². The van der Waals surface area contributed by atoms with Gasteiger partial charge in [0.1, 0.15) is 11.9 Å². The van der Waals surface area contributed by atoms with Crippen molar-refractivity contribution in [1.29, 1.82) is 0 Å². The van der Waals surface area contributed by atoms with Crippen LogP contribution in [0.25, 0.3) is 0 Å². The summed E-state index contributed by atoms with van der Waals surface area (Å²) in [7, 11) is 1.20. The van der Waals surface area contributed by atoms with Crippen LogP contribution in [-0.4, -0.2) is 51.1 Å². The standard InChI is InChI=1S/C16H19F3N2O5.ClH/c1-24-14(22)8-12(21-15(23)13-9-20-6-7-25-13)10-2-4-11(5-3-10)26-16(17,18)19;/h2-5,12-13,20H,6-9H2,1H3,(H,21,23);1H. The molecule has 1 amide bonds. The maximum atomic E-state index is 12.3. The largest absolute Gasteiger partial charge is 0.573 e. The van der Waals surface area contributed by atoms with Crippen LogP contribution >= 0.6 is 12.4 Å². The van der Waals surface area contributed by atoms with Crippen molar-refractivity contribution in [3.63, 3.8) is 0 Å². The lowest BCUT2D eigenvalue weighted by Crippen LogP contribution is -2.48. The predicted molar refractivity (Wildman–Crippen MR) is 90.5 cm³/mol. The van der Waals surface area contributed by atoms with Crippen LogP contribution in [0.15, 0.2) is 24.3 Å². The summed E-state index contributed by atoms with van der Waals surface area (Å²) >= 11 is 0. The molecule has 0 aromatic heterocycles. The number of nitrogens with one attached hydrogen (secondary N) is 2. The summed E-state index contributed by atoms with van der Waals surface area (Å²) in [5, 5.41) is 5.68. The van der Waals surface area contributed by atoms with Gasteiger partial charge in [0.25, 0.3) is 5.91 Å². The van der Waals surface area contributed by atoms with Gasteiger partial charge in [-0.3, -0.25) is 9.59 Å². The number of alkyl halides is 3. The summed E-state index contributed by atoms with van der Waals surface area (Å²) in [6.45, 7) is 1.34. The molecule has 1 aliphatic heterocycles. The van der Waals surface area contributed by atoms with Crippen molar-refractivity contribution in [1.82, 2.24) is 10.6 Å². The molecule has 1 saturated heterocycles. The third-order valence-corrected chi connectivity index (χ3v) is 3.65. The van der Waals surface area contributed by atoms with Crippen LogP contribution in [0.4, 0.5) is 13.2 Å². The summed E-state index contributed by atoms with van der Waals surface area (Å²) in [4.78, 5) is 23.9. The fraction of sp³-hybridized carbons (Fsp3) is 0.500. The lowest BCUT2D eigenvalue weighted by atomic mass is 10.0. The smallest absolute Gasteiger partial charge is 0.469 e. The highest BCUT2D eigenvalue weighted by Crippen LogP contribution is 2.25. The quantitative estimate of drug-likeness (QED) is 0.692. The van der Waals surface area contributed by atoms with Gasteiger partial charge >= 0.3 is 12.3 Å². The Morgan fingerprint density at radius 2 is 2.00 bits per heavy atom. The molecule has 1 aromatic rings. The first-order valence-electron chi connectivity index (χ1n) is 7.83. The number of carbonyl (C=O) groups excluding carboxylic acids is 2. The van der Waals surface area contributed by atoms with Gasteiger partial charge in [-0.2, -0.15) is 0 Å². The molecular weight excluding hydrogens is 393 g/mol. The molecule has 1 fully saturated rings. The molecule has 2 unspecified atom stereocenters. The van der Waals surface area contributed by atoms with E-state index in [-0.39, 0.29) is 18.8 Å². The van der Waals surface area contributed by atoms with Crippen molar-refractivity contribution in [2.24, 2.45) is 0 Å². The molecule has 1 aromatic carbocycles. The molecule has 0 spiro atoms. The lowest BCUT2D eigenvalue weighted by Gasteiger charge is -2.26. The van der Waals surface area contributed by atoms with Gasteiger partial charge in [0.2, 0.25) is 0 Å². The normalized spacial score (nSPS) is 18.0. The second kappa shape index (κ2) is 10.3. The summed E-state index contributed by atoms with van der Waals surface area (Å²) in [6.07, 6.45) is -5.69. The Bertz CT molecular complexity index is 621. The topological polar surface area (TPSA) is 85.9 Å². The molecule has 27 heavy (non-hydrogen) atoms. The summed E-state index contributed by atoms with van der Waals surface area (Å²) in [5.74, 6) is -1.40. The van der Waals surface area contributed by atoms with E-state index in [4.69, 9.17) is 4.74 Å². The van der Waals surface area contributed by atoms with Crippen molar-refractivity contribution in [2.75, 3.05) is 26.8 Å². The number of hydrogen-bond donors (Lipinski definition) is 2. The van der Waals surface area contributed by atoms with Gasteiger partial charge in [-0.05, 0) is 17.7 Å². The Kier molecular flexibility index (Phi) is 8.80. The fourth-order valence-corrected chi connectivity index (χ4v) is 2.40. The molecule has 2 rings (SSSR count). The summed E-state index contributed by atoms with van der Waals surface area (Å²) in [6, 6.07) is 4.13. The maximum absolute atomic E-state index is 12.3. The molecule has 7 nitrogen and oxygen atoms in total. The minimum Gasteiger partial charge on any atom is -0.469 e. The molecule has 1 heterocycles. The first-order valence-corrected chi connectivity index (χ1v) is 7.83. The Morgan fingerprint density at radius 1 is 1.33 bits per heavy atom. The number of halogens is 4. The SMILES string of the molecule is COC(=O)CC(NC(=O)C1CNCCO1)c1ccc(OC(F)(F)F)cc1.Cl. The number of ether oxygens (including phenoxy) is 3. The number of carbonyl (C=O) groups is 2. The zero-order valence-corrected chi connectivity index (χ0v) is 15.2. The van der Waals surface area contributed by atoms with Crippen LogP contribution in [0.2, 0.25) is 0 Å². The van der Waals surface area contributed by atoms with Gasteiger partial charge < -0.3 is 24.8 Å². The number of hydrogen-bond acceptors (Lipinski definition) is 6. The second-order valence-corrected chi connectivity index (χ2v) is 5.52. The number of morpholine rings is 1. The highest BCUT2D eigenvalue weighted by atomic mass is 35.5. The van der Waals surface area contributed by atoms with E-state index in [1.54, 1.807) is 0 Å². The van der Waals surface area contributed by atoms with Crippen molar-refractivity contribution in [3.8, 4) is 5.75 Å². The van der Waals surface area contributed by atoms with Crippen LogP contribution in [-0.2, 0) is 19.1 Å². The number of amides is 1. The van der Waals surface area contributed by atoms with Gasteiger partial charge in [0.05, 0.1) is 26.2 Å². The first kappa shape index (κ1) is 23.0. The average molecular weight is 413 g/mol. The van der Waals surface area contributed by atoms with Gasteiger partial charge in [-0.25, -0.2) is 0 Å². The predicted octanol–water partition coefficient (Wildman–Crippen LogP) is 1.72. The third-order valence-electron chi connectivity index (χ3n) is 3.65. The van der Waals surface area contributed by atoms with Crippen LogP contribution < -0.4 is 15.4 Å². The van der Waals surface area contributed by atoms with Gasteiger partial charge in [0.15, 0.2) is 0 Å². The van der Waals surface area contributed by atoms with Gasteiger partial charge in [-0.1, -0.05) is 12.1 Å². The van der Waals surface area contributed by atoms with E-state index < -0.39 is 36.1 Å². The Hall–Kier alpha value is -2.04. The number of methoxy groups -OCH3 is 1. The summed E-state index contributed by atoms with van der Waals surface area (Å²) < 4.78 is 50.5. The molecule has 0 radical (unpaired) electrons. The second-order valence-electron chi connectivity index (χ2n) is 5.52. The highest BCUT2D eigenvalue weighted by molar-refractivity contribution is 5.85. The summed E-state index contributed by atoms with van der Waals surface area (Å²) in [5.41, 5.74) is 0.432. The van der Waals surface area contributed by atoms with Crippen LogP contribution in [0.5, 0.6) is 5.75 Å². The van der Waals surface area contributed by atoms with E-state index in [9.17, 15) is 22.8 Å².